The zero-order valence-corrected chi connectivity index (χ0v) is 19.9. The molecule has 3 nitrogen and oxygen atoms in total. The van der Waals surface area contributed by atoms with Gasteiger partial charge in [0.2, 0.25) is 0 Å². The van der Waals surface area contributed by atoms with Gasteiger partial charge in [-0.05, 0) is 80.6 Å². The monoisotopic (exact) mass is 423 g/mol. The Labute approximate surface area is 188 Å². The zero-order valence-electron chi connectivity index (χ0n) is 19.1. The molecular weight excluding hydrogens is 386 g/mol. The van der Waals surface area contributed by atoms with E-state index in [0.29, 0.717) is 6.04 Å². The third-order valence-corrected chi connectivity index (χ3v) is 6.60. The molecule has 1 heterocycles. The minimum absolute atomic E-state index is 0.381. The van der Waals surface area contributed by atoms with Crippen LogP contribution in [-0.4, -0.2) is 29.1 Å². The Bertz CT molecular complexity index is 848. The molecule has 0 aromatic heterocycles. The van der Waals surface area contributed by atoms with Crippen molar-refractivity contribution in [3.8, 4) is 0 Å². The van der Waals surface area contributed by atoms with Crippen molar-refractivity contribution in [1.82, 2.24) is 4.90 Å². The van der Waals surface area contributed by atoms with Crippen molar-refractivity contribution in [3.05, 3.63) is 59.2 Å². The van der Waals surface area contributed by atoms with Crippen molar-refractivity contribution in [2.75, 3.05) is 23.3 Å². The van der Waals surface area contributed by atoms with Gasteiger partial charge < -0.3 is 15.1 Å². The standard InChI is InChI=1S/C26H37N3S/c1-5-7-16-28-17-10-12-23-18-22(14-15-25(23)28)19-29(21(4)6-2)26(30)27-24-13-9-8-11-20(24)3/h8-9,11,13-15,18,21H,5-7,10,12,16-17,19H2,1-4H3,(H,27,30)/t21-/m0/s1. The number of rotatable bonds is 8. The van der Waals surface area contributed by atoms with Crippen LogP contribution in [0.1, 0.15) is 63.1 Å². The van der Waals surface area contributed by atoms with E-state index >= 15 is 0 Å². The normalized spacial score (nSPS) is 14.2. The molecule has 0 saturated heterocycles. The zero-order chi connectivity index (χ0) is 21.5. The molecule has 0 unspecified atom stereocenters. The lowest BCUT2D eigenvalue weighted by atomic mass is 9.98. The SMILES string of the molecule is CCCCN1CCCc2cc(CN(C(=S)Nc3ccccc3C)[C@@H](C)CC)ccc21. The van der Waals surface area contributed by atoms with Gasteiger partial charge in [-0.15, -0.1) is 0 Å². The first-order valence-electron chi connectivity index (χ1n) is 11.5. The Balaban J connectivity index is 1.77. The molecule has 0 fully saturated rings. The lowest BCUT2D eigenvalue weighted by molar-refractivity contribution is 0.319. The highest BCUT2D eigenvalue weighted by molar-refractivity contribution is 7.80. The second kappa shape index (κ2) is 10.8. The van der Waals surface area contributed by atoms with Crippen LogP contribution >= 0.6 is 12.2 Å². The van der Waals surface area contributed by atoms with Gasteiger partial charge >= 0.3 is 0 Å². The van der Waals surface area contributed by atoms with E-state index < -0.39 is 0 Å². The molecule has 1 N–H and O–H groups in total. The lowest BCUT2D eigenvalue weighted by Gasteiger charge is -2.34. The number of nitrogens with zero attached hydrogens (tertiary/aromatic N) is 2. The smallest absolute Gasteiger partial charge is 0.173 e. The predicted molar refractivity (Wildman–Crippen MR) is 135 cm³/mol. The van der Waals surface area contributed by atoms with E-state index in [1.165, 1.54) is 61.2 Å². The molecule has 30 heavy (non-hydrogen) atoms. The third-order valence-electron chi connectivity index (χ3n) is 6.26. The molecule has 162 valence electrons. The van der Waals surface area contributed by atoms with Crippen LogP contribution < -0.4 is 10.2 Å². The maximum atomic E-state index is 5.85. The number of benzene rings is 2. The number of hydrogen-bond acceptors (Lipinski definition) is 2. The molecule has 3 rings (SSSR count). The second-order valence-electron chi connectivity index (χ2n) is 8.54. The molecule has 0 bridgehead atoms. The lowest BCUT2D eigenvalue weighted by Crippen LogP contribution is -2.40. The molecule has 0 radical (unpaired) electrons. The van der Waals surface area contributed by atoms with Gasteiger partial charge in [-0.1, -0.05) is 50.6 Å². The van der Waals surface area contributed by atoms with Gasteiger partial charge in [0.1, 0.15) is 0 Å². The van der Waals surface area contributed by atoms with E-state index in [4.69, 9.17) is 12.2 Å². The summed E-state index contributed by atoms with van der Waals surface area (Å²) < 4.78 is 0. The molecule has 0 aliphatic carbocycles. The van der Waals surface area contributed by atoms with Gasteiger partial charge in [-0.25, -0.2) is 0 Å². The number of hydrogen-bond donors (Lipinski definition) is 1. The highest BCUT2D eigenvalue weighted by Crippen LogP contribution is 2.29. The van der Waals surface area contributed by atoms with Crippen molar-refractivity contribution in [1.29, 1.82) is 0 Å². The fraction of sp³-hybridized carbons (Fsp3) is 0.500. The number of anilines is 2. The van der Waals surface area contributed by atoms with Crippen LogP contribution in [0.3, 0.4) is 0 Å². The van der Waals surface area contributed by atoms with Gasteiger partial charge in [0.05, 0.1) is 0 Å². The van der Waals surface area contributed by atoms with E-state index in [1.807, 2.05) is 0 Å². The van der Waals surface area contributed by atoms with Crippen molar-refractivity contribution in [2.24, 2.45) is 0 Å². The first kappa shape index (κ1) is 22.6. The average Bonchev–Trinajstić information content (AvgIpc) is 2.76. The molecule has 2 aromatic rings. The van der Waals surface area contributed by atoms with Crippen LogP contribution in [0.2, 0.25) is 0 Å². The summed E-state index contributed by atoms with van der Waals surface area (Å²) in [5.74, 6) is 0. The fourth-order valence-corrected chi connectivity index (χ4v) is 4.51. The highest BCUT2D eigenvalue weighted by Gasteiger charge is 2.20. The summed E-state index contributed by atoms with van der Waals surface area (Å²) in [5.41, 5.74) is 6.59. The Morgan fingerprint density at radius 1 is 1.20 bits per heavy atom. The van der Waals surface area contributed by atoms with E-state index in [1.54, 1.807) is 0 Å². The number of aryl methyl sites for hydroxylation is 2. The number of fused-ring (bicyclic) bond motifs is 1. The Hall–Kier alpha value is -2.07. The summed E-state index contributed by atoms with van der Waals surface area (Å²) in [6.07, 6.45) is 6.01. The van der Waals surface area contributed by atoms with E-state index in [9.17, 15) is 0 Å². The number of nitrogens with one attached hydrogen (secondary N) is 1. The van der Waals surface area contributed by atoms with Crippen molar-refractivity contribution < 1.29 is 0 Å². The molecular formula is C26H37N3S. The topological polar surface area (TPSA) is 18.5 Å². The fourth-order valence-electron chi connectivity index (χ4n) is 4.15. The summed E-state index contributed by atoms with van der Waals surface area (Å²) in [6.45, 7) is 12.1. The maximum absolute atomic E-state index is 5.85. The number of para-hydroxylation sites is 1. The molecule has 1 atom stereocenters. The van der Waals surface area contributed by atoms with Crippen LogP contribution in [0, 0.1) is 6.92 Å². The predicted octanol–water partition coefficient (Wildman–Crippen LogP) is 6.55. The molecule has 2 aromatic carbocycles. The van der Waals surface area contributed by atoms with Crippen LogP contribution in [0.5, 0.6) is 0 Å². The first-order chi connectivity index (χ1) is 14.5. The van der Waals surface area contributed by atoms with Crippen LogP contribution in [0.4, 0.5) is 11.4 Å². The average molecular weight is 424 g/mol. The summed E-state index contributed by atoms with van der Waals surface area (Å²) in [4.78, 5) is 4.91. The molecule has 1 aliphatic rings. The van der Waals surface area contributed by atoms with Crippen LogP contribution in [-0.2, 0) is 13.0 Å². The van der Waals surface area contributed by atoms with E-state index in [0.717, 1.165) is 23.8 Å². The summed E-state index contributed by atoms with van der Waals surface area (Å²) in [5, 5.41) is 4.29. The third kappa shape index (κ3) is 5.54. The second-order valence-corrected chi connectivity index (χ2v) is 8.92. The van der Waals surface area contributed by atoms with Crippen molar-refractivity contribution >= 4 is 28.7 Å². The molecule has 4 heteroatoms. The van der Waals surface area contributed by atoms with Crippen molar-refractivity contribution in [2.45, 2.75) is 72.4 Å². The van der Waals surface area contributed by atoms with Gasteiger partial charge in [0.25, 0.3) is 0 Å². The maximum Gasteiger partial charge on any atom is 0.173 e. The highest BCUT2D eigenvalue weighted by atomic mass is 32.1. The first-order valence-corrected chi connectivity index (χ1v) is 11.9. The Morgan fingerprint density at radius 2 is 2.00 bits per heavy atom. The largest absolute Gasteiger partial charge is 0.371 e. The molecule has 0 spiro atoms. The van der Waals surface area contributed by atoms with E-state index in [-0.39, 0.29) is 0 Å². The van der Waals surface area contributed by atoms with Gasteiger partial charge in [-0.3, -0.25) is 0 Å². The van der Waals surface area contributed by atoms with E-state index in [2.05, 4.69) is 85.3 Å². The van der Waals surface area contributed by atoms with Crippen molar-refractivity contribution in [3.63, 3.8) is 0 Å². The van der Waals surface area contributed by atoms with Gasteiger partial charge in [-0.2, -0.15) is 0 Å². The number of unbranched alkanes of at least 4 members (excludes halogenated alkanes) is 1. The molecule has 1 aliphatic heterocycles. The minimum Gasteiger partial charge on any atom is -0.371 e. The molecule has 0 amide bonds. The van der Waals surface area contributed by atoms with Gasteiger partial charge in [0.15, 0.2) is 5.11 Å². The quantitative estimate of drug-likeness (QED) is 0.485. The summed E-state index contributed by atoms with van der Waals surface area (Å²) in [7, 11) is 0. The van der Waals surface area contributed by atoms with Gasteiger partial charge in [0, 0.05) is 37.1 Å². The Morgan fingerprint density at radius 3 is 2.73 bits per heavy atom. The van der Waals surface area contributed by atoms with Crippen LogP contribution in [0.15, 0.2) is 42.5 Å². The molecule has 0 saturated carbocycles. The minimum atomic E-state index is 0.381. The number of thiocarbonyl (C=S) groups is 1. The summed E-state index contributed by atoms with van der Waals surface area (Å²) in [6, 6.07) is 15.8. The van der Waals surface area contributed by atoms with Crippen LogP contribution in [0.25, 0.3) is 0 Å². The summed E-state index contributed by atoms with van der Waals surface area (Å²) >= 11 is 5.85. The Kier molecular flexibility index (Phi) is 8.15.